The molecule has 5 rings (SSSR count). The first kappa shape index (κ1) is 20.2. The first-order valence-corrected chi connectivity index (χ1v) is 11.7. The van der Waals surface area contributed by atoms with Crippen molar-refractivity contribution in [2.24, 2.45) is 13.0 Å². The minimum Gasteiger partial charge on any atom is -0.342 e. The van der Waals surface area contributed by atoms with E-state index in [0.717, 1.165) is 81.2 Å². The predicted octanol–water partition coefficient (Wildman–Crippen LogP) is 3.54. The van der Waals surface area contributed by atoms with Gasteiger partial charge in [0.05, 0.1) is 11.4 Å². The second kappa shape index (κ2) is 8.81. The van der Waals surface area contributed by atoms with Gasteiger partial charge in [-0.15, -0.1) is 0 Å². The van der Waals surface area contributed by atoms with Gasteiger partial charge >= 0.3 is 0 Å². The number of allylic oxidation sites excluding steroid dienone is 2. The van der Waals surface area contributed by atoms with Crippen LogP contribution >= 0.6 is 0 Å². The molecule has 2 aromatic rings. The summed E-state index contributed by atoms with van der Waals surface area (Å²) < 4.78 is 1.88. The highest BCUT2D eigenvalue weighted by Crippen LogP contribution is 2.34. The molecule has 1 amide bonds. The Labute approximate surface area is 184 Å². The number of carbonyl (C=O) groups is 1. The van der Waals surface area contributed by atoms with Crippen LogP contribution in [-0.4, -0.2) is 56.7 Å². The molecule has 2 aliphatic heterocycles. The zero-order valence-electron chi connectivity index (χ0n) is 18.4. The summed E-state index contributed by atoms with van der Waals surface area (Å²) in [6, 6.07) is 1.99. The van der Waals surface area contributed by atoms with Gasteiger partial charge in [0.15, 0.2) is 0 Å². The number of piperidine rings is 1. The van der Waals surface area contributed by atoms with Crippen LogP contribution in [0.1, 0.15) is 56.6 Å². The van der Waals surface area contributed by atoms with Crippen LogP contribution in [0.5, 0.6) is 0 Å². The third-order valence-corrected chi connectivity index (χ3v) is 6.90. The molecule has 0 radical (unpaired) electrons. The molecule has 0 saturated carbocycles. The molecule has 0 aromatic carbocycles. The number of anilines is 1. The average molecular weight is 421 g/mol. The van der Waals surface area contributed by atoms with Gasteiger partial charge in [0, 0.05) is 63.0 Å². The van der Waals surface area contributed by atoms with E-state index in [2.05, 4.69) is 33.1 Å². The van der Waals surface area contributed by atoms with E-state index < -0.39 is 0 Å². The lowest BCUT2D eigenvalue weighted by Gasteiger charge is -2.35. The zero-order chi connectivity index (χ0) is 21.2. The molecule has 2 fully saturated rings. The van der Waals surface area contributed by atoms with Crippen LogP contribution in [0.25, 0.3) is 11.3 Å². The molecule has 7 nitrogen and oxygen atoms in total. The normalized spacial score (nSPS) is 24.0. The number of amides is 1. The summed E-state index contributed by atoms with van der Waals surface area (Å²) in [5, 5.41) is 4.84. The van der Waals surface area contributed by atoms with Crippen molar-refractivity contribution >= 4 is 11.9 Å². The van der Waals surface area contributed by atoms with E-state index >= 15 is 0 Å². The van der Waals surface area contributed by atoms with Crippen LogP contribution in [-0.2, 0) is 11.8 Å². The molecule has 3 aliphatic rings. The van der Waals surface area contributed by atoms with Gasteiger partial charge in [-0.3, -0.25) is 9.48 Å². The Morgan fingerprint density at radius 3 is 2.77 bits per heavy atom. The average Bonchev–Trinajstić information content (AvgIpc) is 3.49. The lowest BCUT2D eigenvalue weighted by atomic mass is 9.89. The Bertz CT molecular complexity index is 961. The molecule has 2 aromatic heterocycles. The lowest BCUT2D eigenvalue weighted by molar-refractivity contribution is -0.137. The Kier molecular flexibility index (Phi) is 5.74. The number of nitrogens with zero attached hydrogens (tertiary/aromatic N) is 6. The second-order valence-corrected chi connectivity index (χ2v) is 9.14. The first-order valence-electron chi connectivity index (χ1n) is 11.7. The fourth-order valence-corrected chi connectivity index (χ4v) is 5.25. The smallest absolute Gasteiger partial charge is 0.226 e. The molecular weight excluding hydrogens is 388 g/mol. The van der Waals surface area contributed by atoms with E-state index in [9.17, 15) is 4.79 Å². The largest absolute Gasteiger partial charge is 0.342 e. The van der Waals surface area contributed by atoms with Crippen molar-refractivity contribution < 1.29 is 4.79 Å². The van der Waals surface area contributed by atoms with E-state index in [1.165, 1.54) is 12.8 Å². The summed E-state index contributed by atoms with van der Waals surface area (Å²) in [5.41, 5.74) is 3.07. The standard InChI is InChI=1S/C24H32N6O/c1-28-17-20(21-11-12-25-24(26-21)29-13-5-6-14-29)22(27-28)19-10-7-15-30(16-19)23(31)18-8-3-2-4-9-18/h2-3,11-12,17-19H,4-10,13-16H2,1H3/t18-,19+/m0/s1. The minimum absolute atomic E-state index is 0.150. The van der Waals surface area contributed by atoms with Gasteiger partial charge < -0.3 is 9.80 Å². The molecule has 0 N–H and O–H groups in total. The molecule has 0 spiro atoms. The van der Waals surface area contributed by atoms with Crippen molar-refractivity contribution in [2.45, 2.75) is 50.9 Å². The Morgan fingerprint density at radius 1 is 1.10 bits per heavy atom. The van der Waals surface area contributed by atoms with E-state index in [-0.39, 0.29) is 11.8 Å². The lowest BCUT2D eigenvalue weighted by Crippen LogP contribution is -2.42. The van der Waals surface area contributed by atoms with Crippen LogP contribution in [0, 0.1) is 5.92 Å². The molecule has 0 unspecified atom stereocenters. The van der Waals surface area contributed by atoms with Crippen LogP contribution in [0.15, 0.2) is 30.6 Å². The third kappa shape index (κ3) is 4.23. The summed E-state index contributed by atoms with van der Waals surface area (Å²) >= 11 is 0. The maximum Gasteiger partial charge on any atom is 0.226 e. The second-order valence-electron chi connectivity index (χ2n) is 9.14. The molecule has 31 heavy (non-hydrogen) atoms. The highest BCUT2D eigenvalue weighted by molar-refractivity contribution is 5.79. The highest BCUT2D eigenvalue weighted by Gasteiger charge is 2.32. The quantitative estimate of drug-likeness (QED) is 0.708. The van der Waals surface area contributed by atoms with Gasteiger partial charge in [-0.2, -0.15) is 5.10 Å². The molecule has 2 atom stereocenters. The van der Waals surface area contributed by atoms with Crippen LogP contribution < -0.4 is 4.90 Å². The topological polar surface area (TPSA) is 67.2 Å². The molecule has 4 heterocycles. The van der Waals surface area contributed by atoms with Gasteiger partial charge in [-0.1, -0.05) is 12.2 Å². The molecule has 2 saturated heterocycles. The molecule has 0 bridgehead atoms. The van der Waals surface area contributed by atoms with Gasteiger partial charge in [0.25, 0.3) is 0 Å². The van der Waals surface area contributed by atoms with Crippen molar-refractivity contribution in [3.63, 3.8) is 0 Å². The Morgan fingerprint density at radius 2 is 1.97 bits per heavy atom. The maximum atomic E-state index is 13.1. The summed E-state index contributed by atoms with van der Waals surface area (Å²) in [5.74, 6) is 1.54. The number of carbonyl (C=O) groups excluding carboxylic acids is 1. The summed E-state index contributed by atoms with van der Waals surface area (Å²) in [6.45, 7) is 3.68. The van der Waals surface area contributed by atoms with Gasteiger partial charge in [0.1, 0.15) is 0 Å². The number of aromatic nitrogens is 4. The van der Waals surface area contributed by atoms with E-state index in [0.29, 0.717) is 5.91 Å². The molecular formula is C24H32N6O. The number of aryl methyl sites for hydroxylation is 1. The molecule has 1 aliphatic carbocycles. The fourth-order valence-electron chi connectivity index (χ4n) is 5.25. The molecule has 164 valence electrons. The highest BCUT2D eigenvalue weighted by atomic mass is 16.2. The van der Waals surface area contributed by atoms with Gasteiger partial charge in [0.2, 0.25) is 11.9 Å². The Balaban J connectivity index is 1.38. The van der Waals surface area contributed by atoms with Crippen molar-refractivity contribution in [1.82, 2.24) is 24.6 Å². The number of hydrogen-bond donors (Lipinski definition) is 0. The summed E-state index contributed by atoms with van der Waals surface area (Å²) in [7, 11) is 1.97. The van der Waals surface area contributed by atoms with Crippen molar-refractivity contribution in [2.75, 3.05) is 31.1 Å². The maximum absolute atomic E-state index is 13.1. The van der Waals surface area contributed by atoms with Crippen LogP contribution in [0.2, 0.25) is 0 Å². The van der Waals surface area contributed by atoms with Crippen molar-refractivity contribution in [3.8, 4) is 11.3 Å². The molecule has 7 heteroatoms. The van der Waals surface area contributed by atoms with E-state index in [4.69, 9.17) is 10.1 Å². The summed E-state index contributed by atoms with van der Waals surface area (Å²) in [4.78, 5) is 26.9. The summed E-state index contributed by atoms with van der Waals surface area (Å²) in [6.07, 6.45) is 15.7. The van der Waals surface area contributed by atoms with Crippen molar-refractivity contribution in [3.05, 3.63) is 36.3 Å². The SMILES string of the molecule is Cn1cc(-c2ccnc(N3CCCC3)n2)c([C@@H]2CCCN(C(=O)[C@H]3CC=CCC3)C2)n1. The van der Waals surface area contributed by atoms with Crippen LogP contribution in [0.3, 0.4) is 0 Å². The monoisotopic (exact) mass is 420 g/mol. The number of hydrogen-bond acceptors (Lipinski definition) is 5. The van der Waals surface area contributed by atoms with Crippen molar-refractivity contribution in [1.29, 1.82) is 0 Å². The van der Waals surface area contributed by atoms with Gasteiger partial charge in [-0.05, 0) is 51.0 Å². The number of rotatable bonds is 4. The number of likely N-dealkylation sites (tertiary alicyclic amines) is 1. The zero-order valence-corrected chi connectivity index (χ0v) is 18.4. The minimum atomic E-state index is 0.150. The third-order valence-electron chi connectivity index (χ3n) is 6.90. The van der Waals surface area contributed by atoms with Gasteiger partial charge in [-0.25, -0.2) is 9.97 Å². The van der Waals surface area contributed by atoms with E-state index in [1.807, 2.05) is 24.0 Å². The van der Waals surface area contributed by atoms with Crippen LogP contribution in [0.4, 0.5) is 5.95 Å². The first-order chi connectivity index (χ1) is 15.2. The fraction of sp³-hybridized carbons (Fsp3) is 0.583. The Hall–Kier alpha value is -2.70. The van der Waals surface area contributed by atoms with E-state index in [1.54, 1.807) is 0 Å². The predicted molar refractivity (Wildman–Crippen MR) is 121 cm³/mol.